The van der Waals surface area contributed by atoms with Crippen LogP contribution in [0.25, 0.3) is 11.0 Å². The smallest absolute Gasteiger partial charge is 0.294 e. The first kappa shape index (κ1) is 21.9. The summed E-state index contributed by atoms with van der Waals surface area (Å²) >= 11 is 0. The van der Waals surface area contributed by atoms with Crippen LogP contribution in [0.3, 0.4) is 0 Å². The number of fused-ring (bicyclic) bond motifs is 1. The van der Waals surface area contributed by atoms with E-state index in [4.69, 9.17) is 4.74 Å². The van der Waals surface area contributed by atoms with Gasteiger partial charge in [0, 0.05) is 37.8 Å². The van der Waals surface area contributed by atoms with Crippen LogP contribution in [0, 0.1) is 0 Å². The quantitative estimate of drug-likeness (QED) is 0.575. The number of aromatic nitrogens is 2. The van der Waals surface area contributed by atoms with Gasteiger partial charge in [0.1, 0.15) is 5.75 Å². The van der Waals surface area contributed by atoms with Crippen molar-refractivity contribution in [3.8, 4) is 5.75 Å². The summed E-state index contributed by atoms with van der Waals surface area (Å²) in [4.78, 5) is 32.7. The zero-order chi connectivity index (χ0) is 22.3. The molecule has 0 radical (unpaired) electrons. The predicted octanol–water partition coefficient (Wildman–Crippen LogP) is 4.20. The standard InChI is InChI=1S/C25H30N4O3/c1-2-17-32-20-10-8-9-19(18-20)26-23(30)13-16-29-22-12-5-4-11-21(22)27-24(25(29)31)28-14-6-3-7-15-28/h4-5,8-12,18H,2-3,6-7,13-17H2,1H3,(H,26,30). The fourth-order valence-corrected chi connectivity index (χ4v) is 4.03. The first-order valence-electron chi connectivity index (χ1n) is 11.4. The van der Waals surface area contributed by atoms with Crippen LogP contribution >= 0.6 is 0 Å². The van der Waals surface area contributed by atoms with E-state index in [2.05, 4.69) is 15.2 Å². The van der Waals surface area contributed by atoms with E-state index in [1.165, 1.54) is 6.42 Å². The van der Waals surface area contributed by atoms with Gasteiger partial charge >= 0.3 is 0 Å². The lowest BCUT2D eigenvalue weighted by molar-refractivity contribution is -0.116. The molecule has 0 bridgehead atoms. The van der Waals surface area contributed by atoms with Gasteiger partial charge in [-0.2, -0.15) is 0 Å². The summed E-state index contributed by atoms with van der Waals surface area (Å²) in [6, 6.07) is 15.0. The van der Waals surface area contributed by atoms with E-state index in [1.54, 1.807) is 4.57 Å². The lowest BCUT2D eigenvalue weighted by atomic mass is 10.1. The maximum Gasteiger partial charge on any atom is 0.294 e. The van der Waals surface area contributed by atoms with Gasteiger partial charge in [0.2, 0.25) is 5.91 Å². The van der Waals surface area contributed by atoms with E-state index in [1.807, 2.05) is 55.5 Å². The summed E-state index contributed by atoms with van der Waals surface area (Å²) in [6.07, 6.45) is 4.43. The maximum atomic E-state index is 13.3. The molecule has 4 rings (SSSR count). The largest absolute Gasteiger partial charge is 0.494 e. The van der Waals surface area contributed by atoms with Crippen molar-refractivity contribution in [2.24, 2.45) is 0 Å². The topological polar surface area (TPSA) is 76.5 Å². The van der Waals surface area contributed by atoms with Crippen LogP contribution in [0.15, 0.2) is 53.3 Å². The van der Waals surface area contributed by atoms with Gasteiger partial charge in [0.25, 0.3) is 5.56 Å². The van der Waals surface area contributed by atoms with Gasteiger partial charge in [0.05, 0.1) is 17.6 Å². The van der Waals surface area contributed by atoms with E-state index in [9.17, 15) is 9.59 Å². The Labute approximate surface area is 188 Å². The van der Waals surface area contributed by atoms with Crippen LogP contribution < -0.4 is 20.5 Å². The summed E-state index contributed by atoms with van der Waals surface area (Å²) < 4.78 is 7.32. The maximum absolute atomic E-state index is 13.3. The molecule has 7 nitrogen and oxygen atoms in total. The summed E-state index contributed by atoms with van der Waals surface area (Å²) in [5.74, 6) is 1.07. The van der Waals surface area contributed by atoms with Crippen LogP contribution in [-0.4, -0.2) is 35.2 Å². The molecule has 0 aliphatic carbocycles. The minimum atomic E-state index is -0.148. The number of carbonyl (C=O) groups excluding carboxylic acids is 1. The number of amides is 1. The Kier molecular flexibility index (Phi) is 7.04. The average Bonchev–Trinajstić information content (AvgIpc) is 2.82. The third kappa shape index (κ3) is 5.10. The second-order valence-electron chi connectivity index (χ2n) is 8.10. The average molecular weight is 435 g/mol. The van der Waals surface area contributed by atoms with Crippen molar-refractivity contribution in [1.82, 2.24) is 9.55 Å². The van der Waals surface area contributed by atoms with Crippen molar-refractivity contribution >= 4 is 28.4 Å². The Morgan fingerprint density at radius 3 is 2.72 bits per heavy atom. The number of benzene rings is 2. The van der Waals surface area contributed by atoms with Crippen molar-refractivity contribution in [2.75, 3.05) is 29.9 Å². The third-order valence-electron chi connectivity index (χ3n) is 5.64. The fourth-order valence-electron chi connectivity index (χ4n) is 4.03. The molecule has 1 N–H and O–H groups in total. The summed E-state index contributed by atoms with van der Waals surface area (Å²) in [5.41, 5.74) is 2.08. The zero-order valence-electron chi connectivity index (χ0n) is 18.5. The molecule has 1 aliphatic heterocycles. The number of nitrogens with one attached hydrogen (secondary N) is 1. The molecule has 0 unspecified atom stereocenters. The monoisotopic (exact) mass is 434 g/mol. The number of aryl methyl sites for hydroxylation is 1. The van der Waals surface area contributed by atoms with Gasteiger partial charge in [-0.15, -0.1) is 0 Å². The lowest BCUT2D eigenvalue weighted by Crippen LogP contribution is -2.37. The van der Waals surface area contributed by atoms with Crippen LogP contribution in [0.1, 0.15) is 39.0 Å². The number of ether oxygens (including phenoxy) is 1. The van der Waals surface area contributed by atoms with Crippen LogP contribution in [-0.2, 0) is 11.3 Å². The highest BCUT2D eigenvalue weighted by Crippen LogP contribution is 2.20. The predicted molar refractivity (Wildman–Crippen MR) is 128 cm³/mol. The molecule has 0 saturated carbocycles. The number of hydrogen-bond acceptors (Lipinski definition) is 5. The number of anilines is 2. The Morgan fingerprint density at radius 1 is 1.09 bits per heavy atom. The minimum Gasteiger partial charge on any atom is -0.494 e. The molecule has 3 aromatic rings. The molecule has 1 aromatic heterocycles. The molecule has 1 fully saturated rings. The molecule has 1 saturated heterocycles. The Hall–Kier alpha value is -3.35. The van der Waals surface area contributed by atoms with Crippen molar-refractivity contribution in [3.05, 3.63) is 58.9 Å². The minimum absolute atomic E-state index is 0.131. The van der Waals surface area contributed by atoms with Crippen molar-refractivity contribution in [1.29, 1.82) is 0 Å². The van der Waals surface area contributed by atoms with Crippen LogP contribution in [0.4, 0.5) is 11.5 Å². The van der Waals surface area contributed by atoms with Gasteiger partial charge in [0.15, 0.2) is 5.82 Å². The first-order valence-corrected chi connectivity index (χ1v) is 11.4. The van der Waals surface area contributed by atoms with E-state index in [-0.39, 0.29) is 17.9 Å². The highest BCUT2D eigenvalue weighted by molar-refractivity contribution is 5.91. The van der Waals surface area contributed by atoms with Gasteiger partial charge in [-0.05, 0) is 49.9 Å². The molecule has 2 aromatic carbocycles. The number of rotatable bonds is 8. The summed E-state index contributed by atoms with van der Waals surface area (Å²) in [7, 11) is 0. The number of nitrogens with zero attached hydrogens (tertiary/aromatic N) is 3. The van der Waals surface area contributed by atoms with E-state index in [0.29, 0.717) is 24.7 Å². The molecule has 1 aliphatic rings. The number of para-hydroxylation sites is 2. The molecule has 168 valence electrons. The van der Waals surface area contributed by atoms with E-state index in [0.717, 1.165) is 49.1 Å². The molecular formula is C25H30N4O3. The van der Waals surface area contributed by atoms with Gasteiger partial charge < -0.3 is 19.5 Å². The molecule has 0 spiro atoms. The Balaban J connectivity index is 1.52. The molecule has 32 heavy (non-hydrogen) atoms. The van der Waals surface area contributed by atoms with Crippen molar-refractivity contribution in [3.63, 3.8) is 0 Å². The highest BCUT2D eigenvalue weighted by atomic mass is 16.5. The number of piperidine rings is 1. The SMILES string of the molecule is CCCOc1cccc(NC(=O)CCn2c(=O)c(N3CCCCC3)nc3ccccc32)c1. The third-order valence-corrected chi connectivity index (χ3v) is 5.64. The molecule has 1 amide bonds. The Morgan fingerprint density at radius 2 is 1.91 bits per heavy atom. The van der Waals surface area contributed by atoms with E-state index < -0.39 is 0 Å². The van der Waals surface area contributed by atoms with Crippen molar-refractivity contribution < 1.29 is 9.53 Å². The van der Waals surface area contributed by atoms with E-state index >= 15 is 0 Å². The second kappa shape index (κ2) is 10.3. The first-order chi connectivity index (χ1) is 15.7. The van der Waals surface area contributed by atoms with Gasteiger partial charge in [-0.1, -0.05) is 25.1 Å². The highest BCUT2D eigenvalue weighted by Gasteiger charge is 2.19. The van der Waals surface area contributed by atoms with Crippen LogP contribution in [0.5, 0.6) is 5.75 Å². The summed E-state index contributed by atoms with van der Waals surface area (Å²) in [6.45, 7) is 4.66. The number of hydrogen-bond donors (Lipinski definition) is 1. The van der Waals surface area contributed by atoms with Crippen molar-refractivity contribution in [2.45, 2.75) is 45.6 Å². The summed E-state index contributed by atoms with van der Waals surface area (Å²) in [5, 5.41) is 2.91. The molecule has 7 heteroatoms. The lowest BCUT2D eigenvalue weighted by Gasteiger charge is -2.27. The normalized spacial score (nSPS) is 13.8. The number of carbonyl (C=O) groups is 1. The fraction of sp³-hybridized carbons (Fsp3) is 0.400. The molecule has 0 atom stereocenters. The van der Waals surface area contributed by atoms with Crippen LogP contribution in [0.2, 0.25) is 0 Å². The second-order valence-corrected chi connectivity index (χ2v) is 8.10. The van der Waals surface area contributed by atoms with Gasteiger partial charge in [-0.3, -0.25) is 9.59 Å². The van der Waals surface area contributed by atoms with Gasteiger partial charge in [-0.25, -0.2) is 4.98 Å². The zero-order valence-corrected chi connectivity index (χ0v) is 18.5. The Bertz CT molecular complexity index is 1140. The molecule has 2 heterocycles. The molecular weight excluding hydrogens is 404 g/mol.